The smallest absolute Gasteiger partial charge is 0.343 e. The van der Waals surface area contributed by atoms with E-state index in [1.807, 2.05) is 0 Å². The molecule has 0 aromatic carbocycles. The Labute approximate surface area is 121 Å². The molecule has 21 heavy (non-hydrogen) atoms. The predicted molar refractivity (Wildman–Crippen MR) is 74.7 cm³/mol. The second-order valence-electron chi connectivity index (χ2n) is 4.06. The Morgan fingerprint density at radius 2 is 2.10 bits per heavy atom. The van der Waals surface area contributed by atoms with E-state index in [-0.39, 0.29) is 18.0 Å². The molecule has 2 rings (SSSR count). The molecule has 8 nitrogen and oxygen atoms in total. The minimum absolute atomic E-state index is 0.0496. The van der Waals surface area contributed by atoms with Crippen molar-refractivity contribution < 1.29 is 14.3 Å². The zero-order valence-corrected chi connectivity index (χ0v) is 12.0. The number of hydrogen-bond donors (Lipinski definition) is 1. The molecule has 0 aliphatic carbocycles. The lowest BCUT2D eigenvalue weighted by atomic mass is 10.2. The molecule has 0 spiro atoms. The third-order valence-corrected chi connectivity index (χ3v) is 2.68. The molecule has 2 N–H and O–H groups in total. The van der Waals surface area contributed by atoms with Crippen LogP contribution in [0.25, 0.3) is 11.5 Å². The predicted octanol–water partition coefficient (Wildman–Crippen LogP) is 1.01. The highest BCUT2D eigenvalue weighted by molar-refractivity contribution is 5.95. The van der Waals surface area contributed by atoms with Gasteiger partial charge in [0.2, 0.25) is 5.88 Å². The molecule has 0 unspecified atom stereocenters. The maximum absolute atomic E-state index is 11.8. The van der Waals surface area contributed by atoms with Crippen LogP contribution in [0.5, 0.6) is 5.88 Å². The molecule has 8 heteroatoms. The number of nitrogens with zero attached hydrogens (tertiary/aromatic N) is 4. The number of nitrogen functional groups attached to an aromatic ring is 1. The number of anilines is 1. The van der Waals surface area contributed by atoms with Crippen molar-refractivity contribution >= 4 is 11.8 Å². The Morgan fingerprint density at radius 3 is 2.71 bits per heavy atom. The number of ether oxygens (including phenoxy) is 2. The number of nitrogens with two attached hydrogens (primary N) is 1. The summed E-state index contributed by atoms with van der Waals surface area (Å²) in [4.78, 5) is 28.1. The van der Waals surface area contributed by atoms with E-state index in [1.54, 1.807) is 19.9 Å². The van der Waals surface area contributed by atoms with Crippen molar-refractivity contribution in [3.8, 4) is 17.4 Å². The summed E-state index contributed by atoms with van der Waals surface area (Å²) in [7, 11) is 1.50. The van der Waals surface area contributed by atoms with E-state index < -0.39 is 5.97 Å². The Morgan fingerprint density at radius 1 is 1.33 bits per heavy atom. The fourth-order valence-corrected chi connectivity index (χ4v) is 1.74. The number of rotatable bonds is 4. The zero-order chi connectivity index (χ0) is 15.4. The molecular formula is C13H15N5O3. The van der Waals surface area contributed by atoms with E-state index in [4.69, 9.17) is 15.2 Å². The van der Waals surface area contributed by atoms with Gasteiger partial charge in [-0.2, -0.15) is 0 Å². The van der Waals surface area contributed by atoms with Gasteiger partial charge in [-0.3, -0.25) is 0 Å². The summed E-state index contributed by atoms with van der Waals surface area (Å²) in [6, 6.07) is 1.58. The quantitative estimate of drug-likeness (QED) is 0.829. The molecule has 0 amide bonds. The Bertz CT molecular complexity index is 652. The summed E-state index contributed by atoms with van der Waals surface area (Å²) >= 11 is 0. The van der Waals surface area contributed by atoms with Gasteiger partial charge in [-0.15, -0.1) is 0 Å². The van der Waals surface area contributed by atoms with Crippen LogP contribution in [0.3, 0.4) is 0 Å². The molecule has 0 radical (unpaired) electrons. The minimum atomic E-state index is -0.542. The van der Waals surface area contributed by atoms with Crippen molar-refractivity contribution in [1.82, 2.24) is 19.9 Å². The Kier molecular flexibility index (Phi) is 4.27. The maximum atomic E-state index is 11.8. The van der Waals surface area contributed by atoms with Gasteiger partial charge in [-0.1, -0.05) is 0 Å². The average molecular weight is 289 g/mol. The van der Waals surface area contributed by atoms with Crippen LogP contribution in [0.2, 0.25) is 0 Å². The summed E-state index contributed by atoms with van der Waals surface area (Å²) in [5.41, 5.74) is 6.88. The number of esters is 1. The van der Waals surface area contributed by atoms with Crippen LogP contribution < -0.4 is 10.5 Å². The highest BCUT2D eigenvalue weighted by atomic mass is 16.5. The van der Waals surface area contributed by atoms with Crippen LogP contribution in [0.15, 0.2) is 12.4 Å². The van der Waals surface area contributed by atoms with Crippen LogP contribution in [-0.4, -0.2) is 39.6 Å². The number of methoxy groups -OCH3 is 1. The van der Waals surface area contributed by atoms with Crippen molar-refractivity contribution in [1.29, 1.82) is 0 Å². The first-order chi connectivity index (χ1) is 10.1. The van der Waals surface area contributed by atoms with Crippen LogP contribution in [0, 0.1) is 6.92 Å². The first-order valence-electron chi connectivity index (χ1n) is 6.24. The molecule has 0 bridgehead atoms. The van der Waals surface area contributed by atoms with Gasteiger partial charge < -0.3 is 15.2 Å². The van der Waals surface area contributed by atoms with Gasteiger partial charge >= 0.3 is 5.97 Å². The van der Waals surface area contributed by atoms with Crippen molar-refractivity contribution in [2.24, 2.45) is 0 Å². The lowest BCUT2D eigenvalue weighted by molar-refractivity contribution is 0.0526. The molecule has 110 valence electrons. The standard InChI is InChI=1S/C13H15N5O3/c1-4-21-13(19)10-7(2)17-12(18-11(10)14)8-5-9(20-3)16-6-15-8/h5-6H,4H2,1-3H3,(H2,14,17,18). The fourth-order valence-electron chi connectivity index (χ4n) is 1.74. The zero-order valence-electron chi connectivity index (χ0n) is 12.0. The van der Waals surface area contributed by atoms with Gasteiger partial charge in [0.05, 0.1) is 19.4 Å². The second-order valence-corrected chi connectivity index (χ2v) is 4.06. The van der Waals surface area contributed by atoms with E-state index >= 15 is 0 Å². The van der Waals surface area contributed by atoms with Crippen LogP contribution >= 0.6 is 0 Å². The molecule has 0 saturated heterocycles. The number of aromatic nitrogens is 4. The van der Waals surface area contributed by atoms with Crippen molar-refractivity contribution in [3.05, 3.63) is 23.7 Å². The van der Waals surface area contributed by atoms with Gasteiger partial charge in [-0.05, 0) is 13.8 Å². The summed E-state index contributed by atoms with van der Waals surface area (Å²) in [5, 5.41) is 0. The van der Waals surface area contributed by atoms with Gasteiger partial charge in [0.1, 0.15) is 23.4 Å². The molecule has 0 aliphatic rings. The van der Waals surface area contributed by atoms with E-state index in [0.29, 0.717) is 23.1 Å². The summed E-state index contributed by atoms with van der Waals surface area (Å²) in [6.45, 7) is 3.63. The maximum Gasteiger partial charge on any atom is 0.343 e. The second kappa shape index (κ2) is 6.12. The number of hydrogen-bond acceptors (Lipinski definition) is 8. The van der Waals surface area contributed by atoms with Crippen molar-refractivity contribution in [3.63, 3.8) is 0 Å². The third kappa shape index (κ3) is 3.04. The first kappa shape index (κ1) is 14.6. The molecule has 2 heterocycles. The highest BCUT2D eigenvalue weighted by Gasteiger charge is 2.19. The molecule has 0 saturated carbocycles. The molecule has 0 fully saturated rings. The Balaban J connectivity index is 2.46. The summed E-state index contributed by atoms with van der Waals surface area (Å²) in [6.07, 6.45) is 1.34. The number of carbonyl (C=O) groups excluding carboxylic acids is 1. The first-order valence-corrected chi connectivity index (χ1v) is 6.24. The number of carbonyl (C=O) groups is 1. The van der Waals surface area contributed by atoms with E-state index in [0.717, 1.165) is 0 Å². The Hall–Kier alpha value is -2.77. The fraction of sp³-hybridized carbons (Fsp3) is 0.308. The molecule has 0 aliphatic heterocycles. The lowest BCUT2D eigenvalue weighted by Gasteiger charge is -2.09. The van der Waals surface area contributed by atoms with E-state index in [2.05, 4.69) is 19.9 Å². The highest BCUT2D eigenvalue weighted by Crippen LogP contribution is 2.21. The topological polar surface area (TPSA) is 113 Å². The SMILES string of the molecule is CCOC(=O)c1c(C)nc(-c2cc(OC)ncn2)nc1N. The van der Waals surface area contributed by atoms with Crippen LogP contribution in [0.1, 0.15) is 23.0 Å². The van der Waals surface area contributed by atoms with Crippen LogP contribution in [0.4, 0.5) is 5.82 Å². The monoisotopic (exact) mass is 289 g/mol. The van der Waals surface area contributed by atoms with E-state index in [9.17, 15) is 4.79 Å². The van der Waals surface area contributed by atoms with Gasteiger partial charge in [0.25, 0.3) is 0 Å². The largest absolute Gasteiger partial charge is 0.481 e. The average Bonchev–Trinajstić information content (AvgIpc) is 2.47. The lowest BCUT2D eigenvalue weighted by Crippen LogP contribution is -2.14. The summed E-state index contributed by atoms with van der Waals surface area (Å²) in [5.74, 6) is 0.181. The summed E-state index contributed by atoms with van der Waals surface area (Å²) < 4.78 is 9.95. The van der Waals surface area contributed by atoms with Gasteiger partial charge in [0, 0.05) is 6.07 Å². The van der Waals surface area contributed by atoms with Crippen LogP contribution in [-0.2, 0) is 4.74 Å². The molecule has 0 atom stereocenters. The van der Waals surface area contributed by atoms with Crippen molar-refractivity contribution in [2.45, 2.75) is 13.8 Å². The number of aryl methyl sites for hydroxylation is 1. The molecule has 2 aromatic heterocycles. The molecular weight excluding hydrogens is 274 g/mol. The normalized spacial score (nSPS) is 10.2. The van der Waals surface area contributed by atoms with E-state index in [1.165, 1.54) is 13.4 Å². The van der Waals surface area contributed by atoms with Crippen molar-refractivity contribution in [2.75, 3.05) is 19.5 Å². The van der Waals surface area contributed by atoms with Gasteiger partial charge in [-0.25, -0.2) is 24.7 Å². The van der Waals surface area contributed by atoms with Gasteiger partial charge in [0.15, 0.2) is 5.82 Å². The molecule has 2 aromatic rings. The third-order valence-electron chi connectivity index (χ3n) is 2.68. The minimum Gasteiger partial charge on any atom is -0.481 e.